The fourth-order valence-corrected chi connectivity index (χ4v) is 8.90. The Morgan fingerprint density at radius 2 is 1.53 bits per heavy atom. The molecule has 3 atom stereocenters. The van der Waals surface area contributed by atoms with Gasteiger partial charge in [-0.3, -0.25) is 19.1 Å². The molecule has 8 nitrogen and oxygen atoms in total. The lowest BCUT2D eigenvalue weighted by Gasteiger charge is -2.47. The highest BCUT2D eigenvalue weighted by molar-refractivity contribution is 7.54. The van der Waals surface area contributed by atoms with Crippen LogP contribution in [-0.4, -0.2) is 40.2 Å². The summed E-state index contributed by atoms with van der Waals surface area (Å²) in [4.78, 5) is 55.7. The monoisotopic (exact) mass is 617 g/mol. The third-order valence-electron chi connectivity index (χ3n) is 9.36. The summed E-state index contributed by atoms with van der Waals surface area (Å²) in [5, 5.41) is 4.82. The van der Waals surface area contributed by atoms with Crippen molar-refractivity contribution in [2.75, 3.05) is 18.0 Å². The molecule has 0 aliphatic carbocycles. The third-order valence-corrected chi connectivity index (χ3v) is 11.0. The molecule has 9 heteroatoms. The molecule has 1 aliphatic heterocycles. The molecular weight excluding hydrogens is 585 g/mol. The van der Waals surface area contributed by atoms with Gasteiger partial charge in [0.05, 0.1) is 5.69 Å². The van der Waals surface area contributed by atoms with Crippen LogP contribution in [0.5, 0.6) is 0 Å². The highest BCUT2D eigenvalue weighted by atomic mass is 31.2. The molecule has 0 radical (unpaired) electrons. The average Bonchev–Trinajstić information content (AvgIpc) is 3.49. The van der Waals surface area contributed by atoms with Crippen molar-refractivity contribution >= 4 is 58.0 Å². The molecule has 0 saturated carbocycles. The second-order valence-electron chi connectivity index (χ2n) is 11.6. The maximum atomic E-state index is 15.3. The van der Waals surface area contributed by atoms with Crippen LogP contribution in [0.3, 0.4) is 0 Å². The van der Waals surface area contributed by atoms with Crippen LogP contribution in [-0.2, 0) is 19.3 Å². The Bertz CT molecular complexity index is 2120. The number of fused-ring (bicyclic) bond motifs is 3. The first-order chi connectivity index (χ1) is 21.8. The largest absolute Gasteiger partial charge is 0.361 e. The van der Waals surface area contributed by atoms with Gasteiger partial charge in [-0.15, -0.1) is 0 Å². The number of amides is 2. The number of aromatic nitrogens is 1. The zero-order chi connectivity index (χ0) is 31.2. The third kappa shape index (κ3) is 4.69. The van der Waals surface area contributed by atoms with E-state index >= 15 is 4.79 Å². The average molecular weight is 618 g/mol. The predicted octanol–water partition coefficient (Wildman–Crippen LogP) is 6.43. The number of nitrogens with zero attached hydrogens (tertiary/aromatic N) is 1. The van der Waals surface area contributed by atoms with Crippen molar-refractivity contribution in [2.24, 2.45) is 5.92 Å². The Morgan fingerprint density at radius 3 is 2.31 bits per heavy atom. The number of imide groups is 1. The van der Waals surface area contributed by atoms with Crippen molar-refractivity contribution in [3.05, 3.63) is 127 Å². The van der Waals surface area contributed by atoms with E-state index in [1.54, 1.807) is 42.5 Å². The molecular formula is C36H32N3O5P. The first-order valence-corrected chi connectivity index (χ1v) is 16.5. The number of hydrogen-bond acceptors (Lipinski definition) is 4. The van der Waals surface area contributed by atoms with Crippen molar-refractivity contribution < 1.29 is 23.9 Å². The minimum absolute atomic E-state index is 0.147. The van der Waals surface area contributed by atoms with Crippen molar-refractivity contribution in [3.63, 3.8) is 0 Å². The second-order valence-corrected chi connectivity index (χ2v) is 13.4. The molecule has 2 amide bonds. The van der Waals surface area contributed by atoms with Crippen LogP contribution in [0.1, 0.15) is 23.5 Å². The second kappa shape index (κ2) is 11.4. The van der Waals surface area contributed by atoms with Crippen molar-refractivity contribution in [2.45, 2.75) is 17.5 Å². The Balaban J connectivity index is 1.52. The summed E-state index contributed by atoms with van der Waals surface area (Å²) in [6.07, 6.45) is 2.79. The number of H-pyrrole nitrogens is 1. The molecule has 7 rings (SSSR count). The van der Waals surface area contributed by atoms with E-state index in [1.807, 2.05) is 72.9 Å². The number of rotatable bonds is 7. The highest BCUT2D eigenvalue weighted by Gasteiger charge is 2.64. The van der Waals surface area contributed by atoms with E-state index in [1.165, 1.54) is 0 Å². The van der Waals surface area contributed by atoms with Crippen molar-refractivity contribution in [1.82, 2.24) is 10.3 Å². The van der Waals surface area contributed by atoms with E-state index in [0.29, 0.717) is 24.8 Å². The van der Waals surface area contributed by atoms with Gasteiger partial charge in [0.25, 0.3) is 5.91 Å². The number of carbonyl (C=O) groups is 2. The summed E-state index contributed by atoms with van der Waals surface area (Å²) >= 11 is 0. The summed E-state index contributed by atoms with van der Waals surface area (Å²) in [5.74, 6) is -2.31. The molecule has 6 aromatic rings. The van der Waals surface area contributed by atoms with Crippen LogP contribution in [0.4, 0.5) is 5.69 Å². The molecule has 1 saturated heterocycles. The smallest absolute Gasteiger partial charge is 0.345 e. The van der Waals surface area contributed by atoms with Crippen LogP contribution >= 0.6 is 7.60 Å². The minimum atomic E-state index is -5.39. The summed E-state index contributed by atoms with van der Waals surface area (Å²) in [7, 11) is -5.39. The predicted molar refractivity (Wildman–Crippen MR) is 177 cm³/mol. The number of para-hydroxylation sites is 1. The van der Waals surface area contributed by atoms with Gasteiger partial charge in [-0.05, 0) is 69.8 Å². The van der Waals surface area contributed by atoms with Crippen LogP contribution in [0.15, 0.2) is 115 Å². The zero-order valence-electron chi connectivity index (χ0n) is 24.3. The van der Waals surface area contributed by atoms with Crippen LogP contribution < -0.4 is 10.2 Å². The van der Waals surface area contributed by atoms with Gasteiger partial charge in [0.1, 0.15) is 0 Å². The molecule has 1 aliphatic rings. The molecule has 226 valence electrons. The number of piperidine rings is 1. The molecule has 5 aromatic carbocycles. The van der Waals surface area contributed by atoms with Gasteiger partial charge in [-0.2, -0.15) is 0 Å². The van der Waals surface area contributed by atoms with E-state index in [2.05, 4.69) is 10.3 Å². The summed E-state index contributed by atoms with van der Waals surface area (Å²) < 4.78 is 14.4. The maximum Gasteiger partial charge on any atom is 0.345 e. The summed E-state index contributed by atoms with van der Waals surface area (Å²) in [6, 6.07) is 32.9. The lowest BCUT2D eigenvalue weighted by atomic mass is 9.69. The molecule has 1 aromatic heterocycles. The number of benzene rings is 5. The molecule has 4 N–H and O–H groups in total. The standard InChI is InChI=1S/C36H32N3O5P/c40-23-39(27-17-16-24-8-1-2-10-26(24)20-27)35(41)36(45(42,43)44,32-14-7-11-25-9-3-4-12-28(25)32)33-22-37-19-18-29(33)31-21-38-34-15-6-5-13-30(31)34/h1-17,20-21,23,29,33,37-38H,18-19,22H2,(H2,42,43,44). The van der Waals surface area contributed by atoms with Crippen molar-refractivity contribution in [1.29, 1.82) is 0 Å². The van der Waals surface area contributed by atoms with Gasteiger partial charge in [0, 0.05) is 29.6 Å². The van der Waals surface area contributed by atoms with E-state index in [4.69, 9.17) is 0 Å². The van der Waals surface area contributed by atoms with Crippen LogP contribution in [0, 0.1) is 5.92 Å². The highest BCUT2D eigenvalue weighted by Crippen LogP contribution is 2.66. The first-order valence-electron chi connectivity index (χ1n) is 14.9. The number of nitrogens with one attached hydrogen (secondary N) is 2. The van der Waals surface area contributed by atoms with Crippen LogP contribution in [0.2, 0.25) is 0 Å². The van der Waals surface area contributed by atoms with Gasteiger partial charge in [-0.25, -0.2) is 0 Å². The molecule has 0 spiro atoms. The maximum absolute atomic E-state index is 15.3. The summed E-state index contributed by atoms with van der Waals surface area (Å²) in [6.45, 7) is 0.748. The molecule has 0 bridgehead atoms. The van der Waals surface area contributed by atoms with E-state index in [9.17, 15) is 19.1 Å². The molecule has 2 heterocycles. The van der Waals surface area contributed by atoms with E-state index in [0.717, 1.165) is 37.5 Å². The van der Waals surface area contributed by atoms with E-state index in [-0.39, 0.29) is 17.8 Å². The first kappa shape index (κ1) is 29.1. The number of carbonyl (C=O) groups excluding carboxylic acids is 2. The minimum Gasteiger partial charge on any atom is -0.361 e. The van der Waals surface area contributed by atoms with Gasteiger partial charge < -0.3 is 20.1 Å². The number of aromatic amines is 1. The van der Waals surface area contributed by atoms with Crippen molar-refractivity contribution in [3.8, 4) is 0 Å². The van der Waals surface area contributed by atoms with Gasteiger partial charge in [0.15, 0.2) is 5.16 Å². The molecule has 45 heavy (non-hydrogen) atoms. The van der Waals surface area contributed by atoms with Gasteiger partial charge in [-0.1, -0.05) is 91.0 Å². The fraction of sp³-hybridized carbons (Fsp3) is 0.167. The topological polar surface area (TPSA) is 123 Å². The Labute approximate surface area is 259 Å². The molecule has 1 fully saturated rings. The number of hydrogen-bond donors (Lipinski definition) is 4. The van der Waals surface area contributed by atoms with Gasteiger partial charge >= 0.3 is 7.60 Å². The lowest BCUT2D eigenvalue weighted by Crippen LogP contribution is -2.56. The SMILES string of the molecule is O=CN(C(=O)C(c1cccc2ccccc12)(C1CNCCC1c1c[nH]c2ccccc12)P(=O)(O)O)c1ccc2ccccc2c1. The van der Waals surface area contributed by atoms with Crippen LogP contribution in [0.25, 0.3) is 32.4 Å². The van der Waals surface area contributed by atoms with E-state index < -0.39 is 30.5 Å². The summed E-state index contributed by atoms with van der Waals surface area (Å²) in [5.41, 5.74) is 2.21. The molecule has 3 unspecified atom stereocenters. The normalized spacial score (nSPS) is 18.5. The lowest BCUT2D eigenvalue weighted by molar-refractivity contribution is -0.126. The Hall–Kier alpha value is -4.59. The number of anilines is 1. The zero-order valence-corrected chi connectivity index (χ0v) is 25.2. The Morgan fingerprint density at radius 1 is 0.844 bits per heavy atom. The quantitative estimate of drug-likeness (QED) is 0.121. The fourth-order valence-electron chi connectivity index (χ4n) is 7.34. The Kier molecular flexibility index (Phi) is 7.38. The van der Waals surface area contributed by atoms with Gasteiger partial charge in [0.2, 0.25) is 6.41 Å².